The average Bonchev–Trinajstić information content (AvgIpc) is 2.32. The molecule has 0 fully saturated rings. The Kier molecular flexibility index (Phi) is 3.98. The van der Waals surface area contributed by atoms with Crippen molar-refractivity contribution in [3.05, 3.63) is 10.4 Å². The van der Waals surface area contributed by atoms with Gasteiger partial charge in [-0.15, -0.1) is 15.6 Å². The van der Waals surface area contributed by atoms with E-state index in [1.807, 2.05) is 15.6 Å². The van der Waals surface area contributed by atoms with Crippen molar-refractivity contribution in [3.63, 3.8) is 0 Å². The van der Waals surface area contributed by atoms with Gasteiger partial charge in [0.05, 0.1) is 4.24 Å². The zero-order valence-electron chi connectivity index (χ0n) is 6.65. The summed E-state index contributed by atoms with van der Waals surface area (Å²) in [6, 6.07) is 0. The molecule has 0 aromatic heterocycles. The number of rotatable bonds is 3. The SMILES string of the molecule is CCSC1=CN(CC)N(S)S1. The fraction of sp³-hybridized carbons (Fsp3) is 0.667. The Morgan fingerprint density at radius 1 is 1.64 bits per heavy atom. The highest BCUT2D eigenvalue weighted by Crippen LogP contribution is 2.39. The van der Waals surface area contributed by atoms with Crippen LogP contribution in [-0.2, 0) is 0 Å². The van der Waals surface area contributed by atoms with Crippen LogP contribution in [0, 0.1) is 0 Å². The van der Waals surface area contributed by atoms with E-state index < -0.39 is 0 Å². The first-order valence-corrected chi connectivity index (χ1v) is 5.72. The lowest BCUT2D eigenvalue weighted by Crippen LogP contribution is -2.21. The standard InChI is InChI=1S/C6H12N2S3/c1-3-7-5-6(10-4-2)11-8(7)9/h5,9H,3-4H2,1-2H3. The van der Waals surface area contributed by atoms with Crippen molar-refractivity contribution in [2.75, 3.05) is 12.3 Å². The molecule has 0 aromatic carbocycles. The average molecular weight is 208 g/mol. The normalized spacial score (nSPS) is 19.2. The Balaban J connectivity index is 2.45. The van der Waals surface area contributed by atoms with E-state index in [9.17, 15) is 0 Å². The summed E-state index contributed by atoms with van der Waals surface area (Å²) < 4.78 is 3.18. The summed E-state index contributed by atoms with van der Waals surface area (Å²) in [7, 11) is 0. The largest absolute Gasteiger partial charge is 0.292 e. The highest BCUT2D eigenvalue weighted by Gasteiger charge is 2.18. The van der Waals surface area contributed by atoms with E-state index in [0.29, 0.717) is 0 Å². The Morgan fingerprint density at radius 3 is 2.82 bits per heavy atom. The van der Waals surface area contributed by atoms with Crippen LogP contribution in [0.2, 0.25) is 0 Å². The van der Waals surface area contributed by atoms with Crippen LogP contribution < -0.4 is 0 Å². The van der Waals surface area contributed by atoms with Gasteiger partial charge in [0.15, 0.2) is 0 Å². The molecule has 5 heteroatoms. The molecular formula is C6H12N2S3. The first-order valence-electron chi connectivity index (χ1n) is 3.56. The van der Waals surface area contributed by atoms with Crippen LogP contribution >= 0.6 is 36.5 Å². The Hall–Kier alpha value is 0.550. The number of thioether (sulfide) groups is 1. The fourth-order valence-corrected chi connectivity index (χ4v) is 3.21. The van der Waals surface area contributed by atoms with Crippen LogP contribution in [0.1, 0.15) is 13.8 Å². The number of hydrazine groups is 1. The maximum Gasteiger partial charge on any atom is 0.0759 e. The van der Waals surface area contributed by atoms with E-state index in [1.165, 1.54) is 4.24 Å². The van der Waals surface area contributed by atoms with E-state index in [-0.39, 0.29) is 0 Å². The van der Waals surface area contributed by atoms with E-state index in [2.05, 4.69) is 37.9 Å². The van der Waals surface area contributed by atoms with Crippen molar-refractivity contribution >= 4 is 36.5 Å². The summed E-state index contributed by atoms with van der Waals surface area (Å²) in [5.74, 6) is 1.12. The monoisotopic (exact) mass is 208 g/mol. The zero-order chi connectivity index (χ0) is 8.27. The minimum atomic E-state index is 0.976. The van der Waals surface area contributed by atoms with Gasteiger partial charge in [0.1, 0.15) is 0 Å². The first kappa shape index (κ1) is 9.64. The van der Waals surface area contributed by atoms with Gasteiger partial charge in [-0.2, -0.15) is 0 Å². The van der Waals surface area contributed by atoms with Crippen molar-refractivity contribution in [3.8, 4) is 0 Å². The molecule has 0 radical (unpaired) electrons. The van der Waals surface area contributed by atoms with Gasteiger partial charge < -0.3 is 0 Å². The zero-order valence-corrected chi connectivity index (χ0v) is 9.18. The minimum absolute atomic E-state index is 0.976. The molecule has 0 bridgehead atoms. The predicted octanol–water partition coefficient (Wildman–Crippen LogP) is 2.58. The molecule has 1 heterocycles. The van der Waals surface area contributed by atoms with Crippen molar-refractivity contribution in [1.29, 1.82) is 0 Å². The van der Waals surface area contributed by atoms with Crippen molar-refractivity contribution in [2.45, 2.75) is 13.8 Å². The molecule has 1 aliphatic heterocycles. The molecule has 1 rings (SSSR count). The summed E-state index contributed by atoms with van der Waals surface area (Å²) in [5, 5.41) is 2.08. The van der Waals surface area contributed by atoms with Gasteiger partial charge in [0.25, 0.3) is 0 Å². The van der Waals surface area contributed by atoms with E-state index >= 15 is 0 Å². The Labute approximate surface area is 82.0 Å². The van der Waals surface area contributed by atoms with Crippen LogP contribution in [0.5, 0.6) is 0 Å². The molecule has 2 nitrogen and oxygen atoms in total. The van der Waals surface area contributed by atoms with Crippen molar-refractivity contribution in [1.82, 2.24) is 8.83 Å². The third-order valence-electron chi connectivity index (χ3n) is 1.26. The highest BCUT2D eigenvalue weighted by atomic mass is 32.2. The van der Waals surface area contributed by atoms with E-state index in [4.69, 9.17) is 0 Å². The third kappa shape index (κ3) is 2.50. The van der Waals surface area contributed by atoms with Gasteiger partial charge in [0.2, 0.25) is 0 Å². The number of hydrogen-bond acceptors (Lipinski definition) is 5. The summed E-state index contributed by atoms with van der Waals surface area (Å²) in [6.07, 6.45) is 2.13. The second-order valence-electron chi connectivity index (χ2n) is 1.98. The third-order valence-corrected chi connectivity index (χ3v) is 3.65. The fourth-order valence-electron chi connectivity index (χ4n) is 0.746. The van der Waals surface area contributed by atoms with Gasteiger partial charge in [-0.05, 0) is 24.6 Å². The topological polar surface area (TPSA) is 6.48 Å². The van der Waals surface area contributed by atoms with Gasteiger partial charge in [-0.3, -0.25) is 5.01 Å². The maximum absolute atomic E-state index is 4.28. The van der Waals surface area contributed by atoms with Crippen molar-refractivity contribution in [2.24, 2.45) is 0 Å². The van der Waals surface area contributed by atoms with Gasteiger partial charge in [-0.25, -0.2) is 0 Å². The van der Waals surface area contributed by atoms with E-state index in [1.54, 1.807) is 11.9 Å². The number of hydrogen-bond donors (Lipinski definition) is 1. The molecule has 11 heavy (non-hydrogen) atoms. The van der Waals surface area contributed by atoms with Crippen LogP contribution in [0.25, 0.3) is 0 Å². The van der Waals surface area contributed by atoms with Gasteiger partial charge >= 0.3 is 0 Å². The molecular weight excluding hydrogens is 196 g/mol. The molecule has 1 aliphatic rings. The summed E-state index contributed by atoms with van der Waals surface area (Å²) in [6.45, 7) is 5.24. The molecule has 0 spiro atoms. The highest BCUT2D eigenvalue weighted by molar-refractivity contribution is 8.23. The number of thiol groups is 1. The number of nitrogens with zero attached hydrogens (tertiary/aromatic N) is 2. The smallest absolute Gasteiger partial charge is 0.0759 e. The summed E-state index contributed by atoms with van der Waals surface area (Å²) in [4.78, 5) is 0. The molecule has 0 saturated carbocycles. The quantitative estimate of drug-likeness (QED) is 0.562. The lowest BCUT2D eigenvalue weighted by atomic mass is 10.7. The van der Waals surface area contributed by atoms with Crippen LogP contribution in [0.3, 0.4) is 0 Å². The lowest BCUT2D eigenvalue weighted by Gasteiger charge is -2.19. The molecule has 0 saturated heterocycles. The van der Waals surface area contributed by atoms with Gasteiger partial charge in [-0.1, -0.05) is 19.7 Å². The lowest BCUT2D eigenvalue weighted by molar-refractivity contribution is 0.267. The molecule has 0 aromatic rings. The van der Waals surface area contributed by atoms with E-state index in [0.717, 1.165) is 12.3 Å². The van der Waals surface area contributed by atoms with Crippen LogP contribution in [0.4, 0.5) is 0 Å². The summed E-state index contributed by atoms with van der Waals surface area (Å²) >= 11 is 7.80. The second-order valence-corrected chi connectivity index (χ2v) is 5.16. The van der Waals surface area contributed by atoms with Crippen molar-refractivity contribution < 1.29 is 0 Å². The Bertz CT molecular complexity index is 160. The maximum atomic E-state index is 4.28. The minimum Gasteiger partial charge on any atom is -0.292 e. The molecule has 0 amide bonds. The predicted molar refractivity (Wildman–Crippen MR) is 57.0 cm³/mol. The second kappa shape index (κ2) is 4.54. The molecule has 64 valence electrons. The Morgan fingerprint density at radius 2 is 2.36 bits per heavy atom. The summed E-state index contributed by atoms with van der Waals surface area (Å²) in [5.41, 5.74) is 0. The van der Waals surface area contributed by atoms with Crippen LogP contribution in [0.15, 0.2) is 10.4 Å². The molecule has 0 unspecified atom stereocenters. The molecule has 0 atom stereocenters. The molecule has 0 aliphatic carbocycles. The molecule has 0 N–H and O–H groups in total. The first-order chi connectivity index (χ1) is 5.27. The van der Waals surface area contributed by atoms with Crippen LogP contribution in [-0.4, -0.2) is 21.1 Å². The van der Waals surface area contributed by atoms with Gasteiger partial charge in [0, 0.05) is 12.7 Å².